The first-order valence-corrected chi connectivity index (χ1v) is 10.1. The Labute approximate surface area is 171 Å². The van der Waals surface area contributed by atoms with Crippen LogP contribution < -0.4 is 5.32 Å². The van der Waals surface area contributed by atoms with Crippen molar-refractivity contribution in [2.75, 3.05) is 18.4 Å². The predicted molar refractivity (Wildman–Crippen MR) is 114 cm³/mol. The number of aromatic nitrogens is 1. The van der Waals surface area contributed by atoms with Crippen LogP contribution in [0.4, 0.5) is 5.82 Å². The van der Waals surface area contributed by atoms with Crippen LogP contribution >= 0.6 is 0 Å². The van der Waals surface area contributed by atoms with Gasteiger partial charge < -0.3 is 10.2 Å². The molecule has 0 saturated heterocycles. The Bertz CT molecular complexity index is 990. The molecule has 1 aromatic heterocycles. The highest BCUT2D eigenvalue weighted by atomic mass is 16.2. The molecule has 2 aromatic rings. The summed E-state index contributed by atoms with van der Waals surface area (Å²) in [4.78, 5) is 30.1. The van der Waals surface area contributed by atoms with Gasteiger partial charge in [0.2, 0.25) is 11.8 Å². The molecule has 148 valence electrons. The highest BCUT2D eigenvalue weighted by Crippen LogP contribution is 2.22. The molecule has 0 fully saturated rings. The van der Waals surface area contributed by atoms with Gasteiger partial charge in [-0.05, 0) is 55.0 Å². The van der Waals surface area contributed by atoms with E-state index in [-0.39, 0.29) is 11.8 Å². The minimum atomic E-state index is 0.00312. The molecule has 2 amide bonds. The van der Waals surface area contributed by atoms with Gasteiger partial charge in [0, 0.05) is 31.8 Å². The number of carbonyl (C=O) groups excluding carboxylic acids is 2. The van der Waals surface area contributed by atoms with Crippen molar-refractivity contribution in [1.82, 2.24) is 9.88 Å². The first-order chi connectivity index (χ1) is 14.1. The zero-order valence-corrected chi connectivity index (χ0v) is 16.6. The topological polar surface area (TPSA) is 62.3 Å². The molecule has 3 heterocycles. The van der Waals surface area contributed by atoms with Crippen molar-refractivity contribution < 1.29 is 9.59 Å². The fourth-order valence-corrected chi connectivity index (χ4v) is 3.68. The van der Waals surface area contributed by atoms with Gasteiger partial charge in [0.05, 0.1) is 0 Å². The number of amides is 2. The number of hydrogen-bond acceptors (Lipinski definition) is 3. The molecule has 5 nitrogen and oxygen atoms in total. The molecule has 0 saturated carbocycles. The molecule has 0 bridgehead atoms. The number of hydrogen-bond donors (Lipinski definition) is 1. The molecule has 1 N–H and O–H groups in total. The summed E-state index contributed by atoms with van der Waals surface area (Å²) in [7, 11) is 0. The quantitative estimate of drug-likeness (QED) is 0.643. The van der Waals surface area contributed by atoms with Gasteiger partial charge in [0.15, 0.2) is 0 Å². The van der Waals surface area contributed by atoms with Crippen molar-refractivity contribution in [3.63, 3.8) is 0 Å². The number of fused-ring (bicyclic) bond motifs is 1. The van der Waals surface area contributed by atoms with E-state index in [0.717, 1.165) is 30.5 Å². The van der Waals surface area contributed by atoms with Gasteiger partial charge in [-0.2, -0.15) is 0 Å². The van der Waals surface area contributed by atoms with Gasteiger partial charge >= 0.3 is 0 Å². The summed E-state index contributed by atoms with van der Waals surface area (Å²) < 4.78 is 0. The van der Waals surface area contributed by atoms with Crippen LogP contribution in [0.15, 0.2) is 54.3 Å². The lowest BCUT2D eigenvalue weighted by atomic mass is 9.99. The summed E-state index contributed by atoms with van der Waals surface area (Å²) in [5.74, 6) is 0.650. The lowest BCUT2D eigenvalue weighted by Gasteiger charge is -2.25. The monoisotopic (exact) mass is 387 g/mol. The van der Waals surface area contributed by atoms with Crippen LogP contribution in [0.1, 0.15) is 35.1 Å². The third kappa shape index (κ3) is 4.80. The molecular weight excluding hydrogens is 362 g/mol. The molecule has 0 atom stereocenters. The second-order valence-corrected chi connectivity index (χ2v) is 7.72. The highest BCUT2D eigenvalue weighted by Gasteiger charge is 2.17. The van der Waals surface area contributed by atoms with E-state index in [9.17, 15) is 9.59 Å². The van der Waals surface area contributed by atoms with Gasteiger partial charge in [-0.15, -0.1) is 0 Å². The Kier molecular flexibility index (Phi) is 5.56. The number of rotatable bonds is 4. The molecule has 0 radical (unpaired) electrons. The Morgan fingerprint density at radius 1 is 1.21 bits per heavy atom. The highest BCUT2D eigenvalue weighted by molar-refractivity contribution is 5.94. The number of pyridine rings is 1. The summed E-state index contributed by atoms with van der Waals surface area (Å²) in [5.41, 5.74) is 5.87. The van der Waals surface area contributed by atoms with Crippen molar-refractivity contribution in [1.29, 1.82) is 0 Å². The molecule has 1 aromatic carbocycles. The number of anilines is 1. The van der Waals surface area contributed by atoms with Gasteiger partial charge in [-0.25, -0.2) is 4.98 Å². The van der Waals surface area contributed by atoms with Crippen molar-refractivity contribution in [3.8, 4) is 0 Å². The average molecular weight is 387 g/mol. The number of aryl methyl sites for hydroxylation is 2. The van der Waals surface area contributed by atoms with E-state index in [1.54, 1.807) is 18.3 Å². The number of nitrogens with one attached hydrogen (secondary N) is 1. The molecule has 0 unspecified atom stereocenters. The zero-order chi connectivity index (χ0) is 20.2. The number of benzene rings is 1. The van der Waals surface area contributed by atoms with Crippen LogP contribution in [-0.4, -0.2) is 34.8 Å². The van der Waals surface area contributed by atoms with Crippen molar-refractivity contribution in [2.24, 2.45) is 0 Å². The molecule has 4 rings (SSSR count). The maximum atomic E-state index is 12.5. The van der Waals surface area contributed by atoms with Crippen molar-refractivity contribution in [2.45, 2.75) is 32.6 Å². The number of nitrogens with zero attached hydrogens (tertiary/aromatic N) is 2. The normalized spacial score (nSPS) is 16.4. The summed E-state index contributed by atoms with van der Waals surface area (Å²) in [6.07, 6.45) is 10.3. The molecule has 2 aliphatic heterocycles. The second-order valence-electron chi connectivity index (χ2n) is 7.72. The van der Waals surface area contributed by atoms with Crippen LogP contribution in [0.2, 0.25) is 0 Å². The van der Waals surface area contributed by atoms with E-state index < -0.39 is 0 Å². The Morgan fingerprint density at radius 2 is 2.03 bits per heavy atom. The average Bonchev–Trinajstić information content (AvgIpc) is 2.74. The fourth-order valence-electron chi connectivity index (χ4n) is 3.68. The molecule has 0 aliphatic carbocycles. The van der Waals surface area contributed by atoms with Crippen molar-refractivity contribution in [3.05, 3.63) is 76.5 Å². The van der Waals surface area contributed by atoms with Crippen LogP contribution in [0, 0.1) is 6.92 Å². The first kappa shape index (κ1) is 19.1. The molecule has 5 heteroatoms. The summed E-state index contributed by atoms with van der Waals surface area (Å²) in [6.45, 7) is 3.49. The molecule has 0 spiro atoms. The molecule has 2 aliphatic rings. The van der Waals surface area contributed by atoms with Crippen molar-refractivity contribution >= 4 is 23.7 Å². The fraction of sp³-hybridized carbons (Fsp3) is 0.292. The number of carbonyl (C=O) groups is 2. The lowest BCUT2D eigenvalue weighted by Crippen LogP contribution is -2.33. The van der Waals surface area contributed by atoms with Crippen LogP contribution in [0.25, 0.3) is 6.08 Å². The summed E-state index contributed by atoms with van der Waals surface area (Å²) in [6, 6.07) is 10.6. The standard InChI is InChI=1S/C24H25N3O2/c1-17-2-4-18(5-3-17)14-19-10-12-27(13-11-19)23(29)9-6-20-15-21-7-8-22(28)26-24(21)25-16-20/h2-6,9-10,15-16H,7-8,11-14H2,1H3,(H,25,26,28)/b9-6+. The zero-order valence-electron chi connectivity index (χ0n) is 16.6. The Hall–Kier alpha value is -3.21. The third-order valence-corrected chi connectivity index (χ3v) is 5.45. The summed E-state index contributed by atoms with van der Waals surface area (Å²) in [5, 5.41) is 2.77. The Morgan fingerprint density at radius 3 is 2.79 bits per heavy atom. The van der Waals surface area contributed by atoms with Gasteiger partial charge in [0.25, 0.3) is 0 Å². The van der Waals surface area contributed by atoms with E-state index in [0.29, 0.717) is 25.2 Å². The van der Waals surface area contributed by atoms with Crippen LogP contribution in [0.5, 0.6) is 0 Å². The lowest BCUT2D eigenvalue weighted by molar-refractivity contribution is -0.125. The molecular formula is C24H25N3O2. The van der Waals surface area contributed by atoms with Gasteiger partial charge in [-0.1, -0.05) is 41.5 Å². The van der Waals surface area contributed by atoms with E-state index in [1.807, 2.05) is 11.0 Å². The minimum Gasteiger partial charge on any atom is -0.335 e. The van der Waals surface area contributed by atoms with Gasteiger partial charge in [0.1, 0.15) is 5.82 Å². The van der Waals surface area contributed by atoms with Crippen LogP contribution in [0.3, 0.4) is 0 Å². The van der Waals surface area contributed by atoms with Gasteiger partial charge in [-0.3, -0.25) is 9.59 Å². The smallest absolute Gasteiger partial charge is 0.246 e. The van der Waals surface area contributed by atoms with E-state index in [1.165, 1.54) is 16.7 Å². The summed E-state index contributed by atoms with van der Waals surface area (Å²) >= 11 is 0. The minimum absolute atomic E-state index is 0.00312. The third-order valence-electron chi connectivity index (χ3n) is 5.45. The Balaban J connectivity index is 1.34. The second kappa shape index (κ2) is 8.43. The van der Waals surface area contributed by atoms with E-state index >= 15 is 0 Å². The van der Waals surface area contributed by atoms with Crippen LogP contribution in [-0.2, 0) is 22.4 Å². The predicted octanol–water partition coefficient (Wildman–Crippen LogP) is 3.69. The van der Waals surface area contributed by atoms with E-state index in [4.69, 9.17) is 0 Å². The maximum absolute atomic E-state index is 12.5. The maximum Gasteiger partial charge on any atom is 0.246 e. The molecule has 29 heavy (non-hydrogen) atoms. The first-order valence-electron chi connectivity index (χ1n) is 10.1. The van der Waals surface area contributed by atoms with E-state index in [2.05, 4.69) is 47.6 Å². The largest absolute Gasteiger partial charge is 0.335 e. The SMILES string of the molecule is Cc1ccc(CC2=CCN(C(=O)/C=C/c3cnc4c(c3)CCC(=O)N4)CC2)cc1.